The maximum Gasteiger partial charge on any atom is 0.254 e. The Morgan fingerprint density at radius 3 is 2.52 bits per heavy atom. The molecule has 4 nitrogen and oxygen atoms in total. The third-order valence-corrected chi connectivity index (χ3v) is 3.43. The highest BCUT2D eigenvalue weighted by atomic mass is 16.5. The monoisotopic (exact) mass is 284 g/mol. The van der Waals surface area contributed by atoms with Gasteiger partial charge in [0, 0.05) is 18.8 Å². The molecule has 2 rings (SSSR count). The zero-order chi connectivity index (χ0) is 15.2. The van der Waals surface area contributed by atoms with Gasteiger partial charge in [0.05, 0.1) is 18.3 Å². The summed E-state index contributed by atoms with van der Waals surface area (Å²) in [4.78, 5) is 18.5. The van der Waals surface area contributed by atoms with Crippen molar-refractivity contribution in [3.05, 3.63) is 59.9 Å². The van der Waals surface area contributed by atoms with Crippen LogP contribution in [0.25, 0.3) is 0 Å². The van der Waals surface area contributed by atoms with Gasteiger partial charge in [-0.25, -0.2) is 0 Å². The first-order chi connectivity index (χ1) is 10.1. The third kappa shape index (κ3) is 3.60. The zero-order valence-electron chi connectivity index (χ0n) is 12.6. The Kier molecular flexibility index (Phi) is 4.93. The summed E-state index contributed by atoms with van der Waals surface area (Å²) < 4.78 is 5.38. The van der Waals surface area contributed by atoms with E-state index in [0.29, 0.717) is 12.2 Å². The molecule has 4 heteroatoms. The van der Waals surface area contributed by atoms with E-state index in [1.807, 2.05) is 44.2 Å². The van der Waals surface area contributed by atoms with Crippen LogP contribution >= 0.6 is 0 Å². The van der Waals surface area contributed by atoms with Crippen LogP contribution in [0.5, 0.6) is 5.75 Å². The van der Waals surface area contributed by atoms with Gasteiger partial charge in [-0.3, -0.25) is 9.78 Å². The molecule has 0 N–H and O–H groups in total. The molecule has 2 aromatic rings. The van der Waals surface area contributed by atoms with Crippen molar-refractivity contribution in [1.82, 2.24) is 9.88 Å². The Labute approximate surface area is 125 Å². The molecule has 0 spiro atoms. The normalized spacial score (nSPS) is 11.8. The van der Waals surface area contributed by atoms with Crippen LogP contribution in [0, 0.1) is 0 Å². The summed E-state index contributed by atoms with van der Waals surface area (Å²) in [5, 5.41) is 0. The van der Waals surface area contributed by atoms with Gasteiger partial charge < -0.3 is 9.64 Å². The van der Waals surface area contributed by atoms with Crippen LogP contribution in [0.3, 0.4) is 0 Å². The summed E-state index contributed by atoms with van der Waals surface area (Å²) in [6.07, 6.45) is 1.74. The molecule has 0 saturated heterocycles. The van der Waals surface area contributed by atoms with E-state index in [0.717, 1.165) is 11.4 Å². The molecule has 0 radical (unpaired) electrons. The molecule has 110 valence electrons. The summed E-state index contributed by atoms with van der Waals surface area (Å²) in [5.74, 6) is 0.741. The number of carbonyl (C=O) groups excluding carboxylic acids is 1. The molecule has 0 aliphatic heterocycles. The summed E-state index contributed by atoms with van der Waals surface area (Å²) in [6.45, 7) is 4.51. The highest BCUT2D eigenvalue weighted by molar-refractivity contribution is 5.94. The Hall–Kier alpha value is -2.36. The summed E-state index contributed by atoms with van der Waals surface area (Å²) >= 11 is 0. The van der Waals surface area contributed by atoms with Gasteiger partial charge in [-0.05, 0) is 50.2 Å². The van der Waals surface area contributed by atoms with Crippen LogP contribution in [0.15, 0.2) is 48.7 Å². The summed E-state index contributed by atoms with van der Waals surface area (Å²) in [5.41, 5.74) is 1.52. The second-order valence-electron chi connectivity index (χ2n) is 4.80. The van der Waals surface area contributed by atoms with Crippen LogP contribution in [-0.4, -0.2) is 29.4 Å². The molecule has 1 aromatic carbocycles. The van der Waals surface area contributed by atoms with E-state index in [1.165, 1.54) is 0 Å². The van der Waals surface area contributed by atoms with Crippen LogP contribution < -0.4 is 4.74 Å². The fraction of sp³-hybridized carbons (Fsp3) is 0.294. The van der Waals surface area contributed by atoms with Gasteiger partial charge in [-0.2, -0.15) is 0 Å². The second kappa shape index (κ2) is 6.88. The van der Waals surface area contributed by atoms with E-state index in [9.17, 15) is 4.79 Å². The van der Waals surface area contributed by atoms with Gasteiger partial charge in [-0.15, -0.1) is 0 Å². The lowest BCUT2D eigenvalue weighted by Gasteiger charge is -2.24. The molecule has 1 amide bonds. The number of ether oxygens (including phenoxy) is 1. The Morgan fingerprint density at radius 1 is 1.24 bits per heavy atom. The SMILES string of the molecule is CCOc1ccc(C(=O)N(C)C(C)c2ccccn2)cc1. The van der Waals surface area contributed by atoms with E-state index in [1.54, 1.807) is 30.3 Å². The minimum Gasteiger partial charge on any atom is -0.494 e. The Balaban J connectivity index is 2.11. The predicted octanol–water partition coefficient (Wildman–Crippen LogP) is 3.31. The maximum atomic E-state index is 12.5. The molecule has 1 atom stereocenters. The van der Waals surface area contributed by atoms with E-state index in [4.69, 9.17) is 4.74 Å². The van der Waals surface area contributed by atoms with Crippen molar-refractivity contribution < 1.29 is 9.53 Å². The standard InChI is InChI=1S/C17H20N2O2/c1-4-21-15-10-8-14(9-11-15)17(20)19(3)13(2)16-7-5-6-12-18-16/h5-13H,4H2,1-3H3. The molecule has 0 aliphatic carbocycles. The Morgan fingerprint density at radius 2 is 1.95 bits per heavy atom. The molecule has 21 heavy (non-hydrogen) atoms. The molecule has 0 saturated carbocycles. The van der Waals surface area contributed by atoms with Crippen molar-refractivity contribution in [1.29, 1.82) is 0 Å². The number of aromatic nitrogens is 1. The van der Waals surface area contributed by atoms with E-state index >= 15 is 0 Å². The third-order valence-electron chi connectivity index (χ3n) is 3.43. The van der Waals surface area contributed by atoms with Crippen molar-refractivity contribution in [3.8, 4) is 5.75 Å². The van der Waals surface area contributed by atoms with Gasteiger partial charge >= 0.3 is 0 Å². The topological polar surface area (TPSA) is 42.4 Å². The summed E-state index contributed by atoms with van der Waals surface area (Å²) in [6, 6.07) is 12.8. The minimum atomic E-state index is -0.0785. The first-order valence-electron chi connectivity index (χ1n) is 7.04. The number of nitrogens with zero attached hydrogens (tertiary/aromatic N) is 2. The van der Waals surface area contributed by atoms with E-state index in [-0.39, 0.29) is 11.9 Å². The Bertz CT molecular complexity index is 581. The van der Waals surface area contributed by atoms with E-state index in [2.05, 4.69) is 4.98 Å². The lowest BCUT2D eigenvalue weighted by atomic mass is 10.1. The molecular formula is C17H20N2O2. The van der Waals surface area contributed by atoms with Crippen LogP contribution in [0.1, 0.15) is 35.9 Å². The average Bonchev–Trinajstić information content (AvgIpc) is 2.54. The molecule has 1 aromatic heterocycles. The van der Waals surface area contributed by atoms with Gasteiger partial charge in [0.25, 0.3) is 5.91 Å². The number of rotatable bonds is 5. The fourth-order valence-electron chi connectivity index (χ4n) is 2.06. The fourth-order valence-corrected chi connectivity index (χ4v) is 2.06. The largest absolute Gasteiger partial charge is 0.494 e. The smallest absolute Gasteiger partial charge is 0.254 e. The lowest BCUT2D eigenvalue weighted by Crippen LogP contribution is -2.30. The van der Waals surface area contributed by atoms with Crippen molar-refractivity contribution in [2.24, 2.45) is 0 Å². The number of hydrogen-bond acceptors (Lipinski definition) is 3. The van der Waals surface area contributed by atoms with Gasteiger partial charge in [0.1, 0.15) is 5.75 Å². The highest BCUT2D eigenvalue weighted by Crippen LogP contribution is 2.20. The molecule has 0 fully saturated rings. The number of benzene rings is 1. The second-order valence-corrected chi connectivity index (χ2v) is 4.80. The molecule has 1 heterocycles. The van der Waals surface area contributed by atoms with Crippen molar-refractivity contribution >= 4 is 5.91 Å². The van der Waals surface area contributed by atoms with E-state index < -0.39 is 0 Å². The first kappa shape index (κ1) is 15.0. The summed E-state index contributed by atoms with van der Waals surface area (Å²) in [7, 11) is 1.79. The number of hydrogen-bond donors (Lipinski definition) is 0. The van der Waals surface area contributed by atoms with Crippen LogP contribution in [-0.2, 0) is 0 Å². The van der Waals surface area contributed by atoms with Crippen LogP contribution in [0.2, 0.25) is 0 Å². The van der Waals surface area contributed by atoms with Crippen molar-refractivity contribution in [2.75, 3.05) is 13.7 Å². The molecule has 0 aliphatic rings. The first-order valence-corrected chi connectivity index (χ1v) is 7.04. The zero-order valence-corrected chi connectivity index (χ0v) is 12.6. The number of pyridine rings is 1. The van der Waals surface area contributed by atoms with Crippen molar-refractivity contribution in [2.45, 2.75) is 19.9 Å². The van der Waals surface area contributed by atoms with Crippen LogP contribution in [0.4, 0.5) is 0 Å². The molecule has 1 unspecified atom stereocenters. The number of carbonyl (C=O) groups is 1. The quantitative estimate of drug-likeness (QED) is 0.846. The van der Waals surface area contributed by atoms with Gasteiger partial charge in [-0.1, -0.05) is 6.07 Å². The number of amides is 1. The molecular weight excluding hydrogens is 264 g/mol. The van der Waals surface area contributed by atoms with Crippen molar-refractivity contribution in [3.63, 3.8) is 0 Å². The lowest BCUT2D eigenvalue weighted by molar-refractivity contribution is 0.0740. The predicted molar refractivity (Wildman–Crippen MR) is 82.4 cm³/mol. The average molecular weight is 284 g/mol. The minimum absolute atomic E-state index is 0.0313. The van der Waals surface area contributed by atoms with Gasteiger partial charge in [0.15, 0.2) is 0 Å². The maximum absolute atomic E-state index is 12.5. The molecule has 0 bridgehead atoms. The van der Waals surface area contributed by atoms with Gasteiger partial charge in [0.2, 0.25) is 0 Å². The highest BCUT2D eigenvalue weighted by Gasteiger charge is 2.19.